The number of anilines is 1. The fourth-order valence-corrected chi connectivity index (χ4v) is 4.28. The minimum atomic E-state index is -0.521. The van der Waals surface area contributed by atoms with Gasteiger partial charge < -0.3 is 10.2 Å². The molecule has 1 unspecified atom stereocenters. The number of nitriles is 1. The van der Waals surface area contributed by atoms with Crippen LogP contribution in [0.4, 0.5) is 5.13 Å². The van der Waals surface area contributed by atoms with Gasteiger partial charge in [0.15, 0.2) is 5.13 Å². The summed E-state index contributed by atoms with van der Waals surface area (Å²) in [5.74, 6) is 0.571. The predicted molar refractivity (Wildman–Crippen MR) is 104 cm³/mol. The highest BCUT2D eigenvalue weighted by molar-refractivity contribution is 7.99. The van der Waals surface area contributed by atoms with Crippen molar-refractivity contribution in [3.05, 3.63) is 52.5 Å². The van der Waals surface area contributed by atoms with Gasteiger partial charge in [0, 0.05) is 22.9 Å². The fourth-order valence-electron chi connectivity index (χ4n) is 2.45. The molecule has 1 saturated heterocycles. The van der Waals surface area contributed by atoms with Crippen LogP contribution in [0, 0.1) is 18.3 Å². The van der Waals surface area contributed by atoms with E-state index in [0.29, 0.717) is 22.3 Å². The van der Waals surface area contributed by atoms with E-state index in [4.69, 9.17) is 5.26 Å². The van der Waals surface area contributed by atoms with Gasteiger partial charge in [0.25, 0.3) is 0 Å². The smallest absolute Gasteiger partial charge is 0.249 e. The van der Waals surface area contributed by atoms with E-state index < -0.39 is 6.04 Å². The van der Waals surface area contributed by atoms with Crippen molar-refractivity contribution in [3.63, 3.8) is 0 Å². The molecular weight excluding hydrogens is 368 g/mol. The second-order valence-electron chi connectivity index (χ2n) is 5.66. The Kier molecular flexibility index (Phi) is 5.71. The molecule has 1 aliphatic heterocycles. The summed E-state index contributed by atoms with van der Waals surface area (Å²) in [5, 5.41) is 12.3. The summed E-state index contributed by atoms with van der Waals surface area (Å²) in [6, 6.07) is 8.54. The average Bonchev–Trinajstić information content (AvgIpc) is 3.29. The highest BCUT2D eigenvalue weighted by Gasteiger charge is 2.34. The van der Waals surface area contributed by atoms with E-state index in [9.17, 15) is 9.59 Å². The third kappa shape index (κ3) is 4.31. The van der Waals surface area contributed by atoms with Crippen LogP contribution in [0.25, 0.3) is 6.08 Å². The molecule has 2 heterocycles. The predicted octanol–water partition coefficient (Wildman–Crippen LogP) is 2.88. The number of nitrogens with zero attached hydrogens (tertiary/aromatic N) is 3. The Labute approximate surface area is 159 Å². The number of carbonyl (C=O) groups is 2. The number of aromatic nitrogens is 1. The Balaban J connectivity index is 1.66. The number of carbonyl (C=O) groups excluding carboxylic acids is 2. The van der Waals surface area contributed by atoms with E-state index in [-0.39, 0.29) is 11.8 Å². The van der Waals surface area contributed by atoms with Crippen LogP contribution in [0.1, 0.15) is 16.0 Å². The van der Waals surface area contributed by atoms with Gasteiger partial charge in [-0.25, -0.2) is 4.98 Å². The molecular formula is C18H16N4O2S2. The summed E-state index contributed by atoms with van der Waals surface area (Å²) in [5.41, 5.74) is 1.30. The number of rotatable bonds is 4. The van der Waals surface area contributed by atoms with Crippen molar-refractivity contribution in [1.29, 1.82) is 5.26 Å². The molecule has 1 fully saturated rings. The van der Waals surface area contributed by atoms with Crippen molar-refractivity contribution in [1.82, 2.24) is 9.88 Å². The van der Waals surface area contributed by atoms with Crippen LogP contribution >= 0.6 is 23.1 Å². The lowest BCUT2D eigenvalue weighted by molar-refractivity contribution is -0.132. The lowest BCUT2D eigenvalue weighted by Gasteiger charge is -2.21. The highest BCUT2D eigenvalue weighted by Crippen LogP contribution is 2.24. The van der Waals surface area contributed by atoms with Crippen molar-refractivity contribution in [3.8, 4) is 6.07 Å². The quantitative estimate of drug-likeness (QED) is 0.819. The van der Waals surface area contributed by atoms with Gasteiger partial charge in [-0.1, -0.05) is 12.1 Å². The van der Waals surface area contributed by atoms with E-state index in [1.165, 1.54) is 17.4 Å². The number of benzene rings is 1. The highest BCUT2D eigenvalue weighted by atomic mass is 32.2. The molecule has 2 amide bonds. The maximum Gasteiger partial charge on any atom is 0.249 e. The van der Waals surface area contributed by atoms with E-state index in [0.717, 1.165) is 10.4 Å². The van der Waals surface area contributed by atoms with Crippen molar-refractivity contribution >= 4 is 46.1 Å². The van der Waals surface area contributed by atoms with Gasteiger partial charge in [0.2, 0.25) is 11.8 Å². The number of aryl methyl sites for hydroxylation is 1. The Morgan fingerprint density at radius 2 is 2.31 bits per heavy atom. The molecule has 1 aromatic heterocycles. The molecule has 26 heavy (non-hydrogen) atoms. The van der Waals surface area contributed by atoms with E-state index >= 15 is 0 Å². The SMILES string of the molecule is Cc1cnc(NC(=O)C2CSCN2C(=O)C=Cc2cccc(C#N)c2)s1. The van der Waals surface area contributed by atoms with Gasteiger partial charge in [-0.05, 0) is 30.7 Å². The van der Waals surface area contributed by atoms with Gasteiger partial charge in [0.1, 0.15) is 6.04 Å². The lowest BCUT2D eigenvalue weighted by atomic mass is 10.1. The van der Waals surface area contributed by atoms with Crippen molar-refractivity contribution in [2.45, 2.75) is 13.0 Å². The van der Waals surface area contributed by atoms with Crippen LogP contribution in [-0.4, -0.2) is 39.4 Å². The molecule has 1 aromatic carbocycles. The van der Waals surface area contributed by atoms with Crippen molar-refractivity contribution in [2.75, 3.05) is 16.9 Å². The summed E-state index contributed by atoms with van der Waals surface area (Å²) in [6.45, 7) is 1.92. The first-order chi connectivity index (χ1) is 12.6. The topological polar surface area (TPSA) is 86.1 Å². The van der Waals surface area contributed by atoms with Crippen molar-refractivity contribution in [2.24, 2.45) is 0 Å². The minimum absolute atomic E-state index is 0.224. The number of hydrogen-bond acceptors (Lipinski definition) is 6. The summed E-state index contributed by atoms with van der Waals surface area (Å²) >= 11 is 2.94. The van der Waals surface area contributed by atoms with Gasteiger partial charge in [-0.2, -0.15) is 5.26 Å². The third-order valence-corrected chi connectivity index (χ3v) is 5.59. The number of amides is 2. The number of thioether (sulfide) groups is 1. The Bertz CT molecular complexity index is 901. The lowest BCUT2D eigenvalue weighted by Crippen LogP contribution is -2.43. The Hall–Kier alpha value is -2.63. The maximum absolute atomic E-state index is 12.5. The summed E-state index contributed by atoms with van der Waals surface area (Å²) in [7, 11) is 0. The molecule has 6 nitrogen and oxygen atoms in total. The summed E-state index contributed by atoms with van der Waals surface area (Å²) < 4.78 is 0. The first kappa shape index (κ1) is 18.2. The van der Waals surface area contributed by atoms with Gasteiger partial charge in [-0.3, -0.25) is 9.59 Å². The zero-order valence-electron chi connectivity index (χ0n) is 14.0. The monoisotopic (exact) mass is 384 g/mol. The Morgan fingerprint density at radius 1 is 1.46 bits per heavy atom. The first-order valence-electron chi connectivity index (χ1n) is 7.86. The van der Waals surface area contributed by atoms with Crippen LogP contribution in [-0.2, 0) is 9.59 Å². The minimum Gasteiger partial charge on any atom is -0.317 e. The fraction of sp³-hybridized carbons (Fsp3) is 0.222. The molecule has 2 aromatic rings. The second-order valence-corrected chi connectivity index (χ2v) is 7.89. The van der Waals surface area contributed by atoms with Gasteiger partial charge >= 0.3 is 0 Å². The molecule has 3 rings (SSSR count). The largest absolute Gasteiger partial charge is 0.317 e. The average molecular weight is 384 g/mol. The van der Waals surface area contributed by atoms with Gasteiger partial charge in [0.05, 0.1) is 17.5 Å². The van der Waals surface area contributed by atoms with Gasteiger partial charge in [-0.15, -0.1) is 23.1 Å². The van der Waals surface area contributed by atoms with E-state index in [2.05, 4.69) is 16.4 Å². The van der Waals surface area contributed by atoms with Crippen LogP contribution in [0.3, 0.4) is 0 Å². The van der Waals surface area contributed by atoms with E-state index in [1.807, 2.05) is 13.0 Å². The molecule has 1 atom stereocenters. The third-order valence-electron chi connectivity index (χ3n) is 3.75. The molecule has 0 bridgehead atoms. The Morgan fingerprint density at radius 3 is 3.04 bits per heavy atom. The van der Waals surface area contributed by atoms with Crippen LogP contribution < -0.4 is 5.32 Å². The molecule has 132 valence electrons. The zero-order chi connectivity index (χ0) is 18.5. The molecule has 0 radical (unpaired) electrons. The molecule has 8 heteroatoms. The van der Waals surface area contributed by atoms with Crippen LogP contribution in [0.2, 0.25) is 0 Å². The standard InChI is InChI=1S/C18H16N4O2S2/c1-12-9-20-18(26-12)21-17(24)15-10-25-11-22(15)16(23)6-5-13-3-2-4-14(7-13)8-19/h2-7,9,15H,10-11H2,1H3,(H,20,21,24). The van der Waals surface area contributed by atoms with Crippen molar-refractivity contribution < 1.29 is 9.59 Å². The number of hydrogen-bond donors (Lipinski definition) is 1. The van der Waals surface area contributed by atoms with Crippen LogP contribution in [0.15, 0.2) is 36.5 Å². The second kappa shape index (κ2) is 8.17. The summed E-state index contributed by atoms with van der Waals surface area (Å²) in [6.07, 6.45) is 4.80. The molecule has 1 N–H and O–H groups in total. The molecule has 0 aliphatic carbocycles. The normalized spacial score (nSPS) is 16.6. The molecule has 0 spiro atoms. The number of thiazole rings is 1. The first-order valence-corrected chi connectivity index (χ1v) is 9.84. The van der Waals surface area contributed by atoms with E-state index in [1.54, 1.807) is 47.1 Å². The van der Waals surface area contributed by atoms with Crippen LogP contribution in [0.5, 0.6) is 0 Å². The summed E-state index contributed by atoms with van der Waals surface area (Å²) in [4.78, 5) is 31.7. The molecule has 0 saturated carbocycles. The molecule has 1 aliphatic rings. The zero-order valence-corrected chi connectivity index (χ0v) is 15.6. The number of nitrogens with one attached hydrogen (secondary N) is 1. The maximum atomic E-state index is 12.5.